The standard InChI is InChI=1S/C12H8Cl2N/c13-11-3-1-2-9(5-11)4-10-6-12(14)8-15-7-10/h1-8H. The van der Waals surface area contributed by atoms with Crippen LogP contribution in [-0.2, 0) is 0 Å². The highest BCUT2D eigenvalue weighted by molar-refractivity contribution is 6.30. The first-order chi connectivity index (χ1) is 7.24. The zero-order valence-corrected chi connectivity index (χ0v) is 9.33. The molecule has 0 spiro atoms. The average molecular weight is 237 g/mol. The topological polar surface area (TPSA) is 12.9 Å². The summed E-state index contributed by atoms with van der Waals surface area (Å²) < 4.78 is 0. The molecule has 1 aromatic heterocycles. The van der Waals surface area contributed by atoms with Crippen molar-refractivity contribution < 1.29 is 0 Å². The Morgan fingerprint density at radius 3 is 2.47 bits per heavy atom. The summed E-state index contributed by atoms with van der Waals surface area (Å²) in [5.41, 5.74) is 2.00. The number of pyridine rings is 1. The minimum atomic E-state index is 0.630. The van der Waals surface area contributed by atoms with Gasteiger partial charge in [-0.1, -0.05) is 35.3 Å². The largest absolute Gasteiger partial charge is 0.263 e. The van der Waals surface area contributed by atoms with E-state index >= 15 is 0 Å². The highest BCUT2D eigenvalue weighted by Crippen LogP contribution is 2.17. The van der Waals surface area contributed by atoms with Crippen LogP contribution in [0.25, 0.3) is 0 Å². The summed E-state index contributed by atoms with van der Waals surface area (Å²) >= 11 is 11.7. The second-order valence-electron chi connectivity index (χ2n) is 3.14. The summed E-state index contributed by atoms with van der Waals surface area (Å²) in [7, 11) is 0. The monoisotopic (exact) mass is 236 g/mol. The Balaban J connectivity index is 2.22. The lowest BCUT2D eigenvalue weighted by Crippen LogP contribution is -1.86. The van der Waals surface area contributed by atoms with Crippen molar-refractivity contribution in [2.45, 2.75) is 0 Å². The van der Waals surface area contributed by atoms with Crippen LogP contribution in [0, 0.1) is 6.42 Å². The highest BCUT2D eigenvalue weighted by Gasteiger charge is 1.99. The van der Waals surface area contributed by atoms with Gasteiger partial charge < -0.3 is 0 Å². The lowest BCUT2D eigenvalue weighted by molar-refractivity contribution is 1.28. The fourth-order valence-electron chi connectivity index (χ4n) is 1.30. The Bertz CT molecular complexity index is 425. The summed E-state index contributed by atoms with van der Waals surface area (Å²) in [6, 6.07) is 9.48. The molecule has 0 unspecified atom stereocenters. The minimum absolute atomic E-state index is 0.630. The lowest BCUT2D eigenvalue weighted by Gasteiger charge is -2.01. The van der Waals surface area contributed by atoms with Gasteiger partial charge in [-0.05, 0) is 29.3 Å². The van der Waals surface area contributed by atoms with E-state index in [1.165, 1.54) is 0 Å². The molecule has 1 heterocycles. The molecule has 3 heteroatoms. The Morgan fingerprint density at radius 1 is 0.933 bits per heavy atom. The van der Waals surface area contributed by atoms with Gasteiger partial charge in [-0.15, -0.1) is 0 Å². The first-order valence-corrected chi connectivity index (χ1v) is 5.20. The lowest BCUT2D eigenvalue weighted by atomic mass is 10.1. The Morgan fingerprint density at radius 2 is 1.73 bits per heavy atom. The molecule has 0 fully saturated rings. The predicted molar refractivity (Wildman–Crippen MR) is 63.2 cm³/mol. The summed E-state index contributed by atoms with van der Waals surface area (Å²) in [5, 5.41) is 1.35. The van der Waals surface area contributed by atoms with Crippen LogP contribution < -0.4 is 0 Å². The Hall–Kier alpha value is -1.05. The van der Waals surface area contributed by atoms with Crippen molar-refractivity contribution in [2.24, 2.45) is 0 Å². The molecule has 0 atom stereocenters. The van der Waals surface area contributed by atoms with Crippen LogP contribution in [0.5, 0.6) is 0 Å². The van der Waals surface area contributed by atoms with E-state index in [-0.39, 0.29) is 0 Å². The van der Waals surface area contributed by atoms with Gasteiger partial charge in [0.2, 0.25) is 0 Å². The molecule has 0 saturated carbocycles. The Kier molecular flexibility index (Phi) is 3.24. The molecule has 0 aliphatic carbocycles. The maximum Gasteiger partial charge on any atom is 0.0592 e. The van der Waals surface area contributed by atoms with E-state index in [9.17, 15) is 0 Å². The second-order valence-corrected chi connectivity index (χ2v) is 4.01. The zero-order chi connectivity index (χ0) is 10.7. The quantitative estimate of drug-likeness (QED) is 0.769. The third kappa shape index (κ3) is 2.95. The number of nitrogens with zero attached hydrogens (tertiary/aromatic N) is 1. The van der Waals surface area contributed by atoms with E-state index < -0.39 is 0 Å². The maximum absolute atomic E-state index is 5.88. The van der Waals surface area contributed by atoms with E-state index in [0.717, 1.165) is 16.1 Å². The maximum atomic E-state index is 5.88. The van der Waals surface area contributed by atoms with Crippen LogP contribution in [0.4, 0.5) is 0 Å². The van der Waals surface area contributed by atoms with Crippen LogP contribution in [-0.4, -0.2) is 4.98 Å². The van der Waals surface area contributed by atoms with Crippen molar-refractivity contribution in [3.05, 3.63) is 70.3 Å². The summed E-state index contributed by atoms with van der Waals surface area (Å²) in [6.45, 7) is 0. The molecule has 1 nitrogen and oxygen atoms in total. The van der Waals surface area contributed by atoms with Gasteiger partial charge in [0.05, 0.1) is 5.02 Å². The first kappa shape index (κ1) is 10.5. The predicted octanol–water partition coefficient (Wildman–Crippen LogP) is 3.99. The van der Waals surface area contributed by atoms with Gasteiger partial charge in [0.15, 0.2) is 0 Å². The van der Waals surface area contributed by atoms with Gasteiger partial charge in [0, 0.05) is 23.8 Å². The molecule has 0 bridgehead atoms. The van der Waals surface area contributed by atoms with Crippen molar-refractivity contribution in [1.29, 1.82) is 0 Å². The number of halogens is 2. The van der Waals surface area contributed by atoms with Crippen molar-refractivity contribution >= 4 is 23.2 Å². The first-order valence-electron chi connectivity index (χ1n) is 4.45. The normalized spacial score (nSPS) is 10.3. The SMILES string of the molecule is Clc1cccc([CH]c2cncc(Cl)c2)c1. The van der Waals surface area contributed by atoms with E-state index in [1.54, 1.807) is 12.4 Å². The van der Waals surface area contributed by atoms with Crippen LogP contribution >= 0.6 is 23.2 Å². The fraction of sp³-hybridized carbons (Fsp3) is 0. The molecular formula is C12H8Cl2N. The van der Waals surface area contributed by atoms with Gasteiger partial charge in [-0.25, -0.2) is 0 Å². The summed E-state index contributed by atoms with van der Waals surface area (Å²) in [5.74, 6) is 0. The molecule has 75 valence electrons. The van der Waals surface area contributed by atoms with Gasteiger partial charge in [-0.2, -0.15) is 0 Å². The number of hydrogen-bond donors (Lipinski definition) is 0. The smallest absolute Gasteiger partial charge is 0.0592 e. The summed E-state index contributed by atoms with van der Waals surface area (Å²) in [4.78, 5) is 4.01. The summed E-state index contributed by atoms with van der Waals surface area (Å²) in [6.07, 6.45) is 5.34. The van der Waals surface area contributed by atoms with Crippen molar-refractivity contribution in [3.63, 3.8) is 0 Å². The molecule has 0 amide bonds. The number of rotatable bonds is 2. The van der Waals surface area contributed by atoms with Gasteiger partial charge in [-0.3, -0.25) is 4.98 Å². The number of aromatic nitrogens is 1. The van der Waals surface area contributed by atoms with E-state index in [2.05, 4.69) is 4.98 Å². The van der Waals surface area contributed by atoms with Crippen molar-refractivity contribution in [1.82, 2.24) is 4.98 Å². The number of benzene rings is 1. The van der Waals surface area contributed by atoms with Crippen molar-refractivity contribution in [3.8, 4) is 0 Å². The van der Waals surface area contributed by atoms with Crippen LogP contribution in [0.15, 0.2) is 42.7 Å². The molecule has 2 rings (SSSR count). The van der Waals surface area contributed by atoms with E-state index in [4.69, 9.17) is 23.2 Å². The van der Waals surface area contributed by atoms with E-state index in [0.29, 0.717) is 5.02 Å². The third-order valence-electron chi connectivity index (χ3n) is 1.91. The molecular weight excluding hydrogens is 229 g/mol. The molecule has 0 aliphatic rings. The van der Waals surface area contributed by atoms with Gasteiger partial charge in [0.25, 0.3) is 0 Å². The molecule has 1 aromatic carbocycles. The van der Waals surface area contributed by atoms with Crippen LogP contribution in [0.1, 0.15) is 11.1 Å². The fourth-order valence-corrected chi connectivity index (χ4v) is 1.68. The van der Waals surface area contributed by atoms with Crippen LogP contribution in [0.2, 0.25) is 10.0 Å². The zero-order valence-electron chi connectivity index (χ0n) is 7.82. The molecule has 15 heavy (non-hydrogen) atoms. The molecule has 0 saturated heterocycles. The Labute approximate surface area is 98.7 Å². The molecule has 0 N–H and O–H groups in total. The second kappa shape index (κ2) is 4.65. The van der Waals surface area contributed by atoms with Crippen molar-refractivity contribution in [2.75, 3.05) is 0 Å². The molecule has 2 aromatic rings. The number of hydrogen-bond acceptors (Lipinski definition) is 1. The average Bonchev–Trinajstić information content (AvgIpc) is 2.17. The highest BCUT2D eigenvalue weighted by atomic mass is 35.5. The van der Waals surface area contributed by atoms with Crippen LogP contribution in [0.3, 0.4) is 0 Å². The van der Waals surface area contributed by atoms with E-state index in [1.807, 2.05) is 36.8 Å². The third-order valence-corrected chi connectivity index (χ3v) is 2.35. The van der Waals surface area contributed by atoms with Gasteiger partial charge >= 0.3 is 0 Å². The molecule has 0 aliphatic heterocycles. The minimum Gasteiger partial charge on any atom is -0.263 e. The van der Waals surface area contributed by atoms with Gasteiger partial charge in [0.1, 0.15) is 0 Å². The molecule has 1 radical (unpaired) electrons.